The minimum atomic E-state index is -4.11. The summed E-state index contributed by atoms with van der Waals surface area (Å²) in [4.78, 5) is 29.4. The number of hydrogen-bond acceptors (Lipinski definition) is 4. The summed E-state index contributed by atoms with van der Waals surface area (Å²) in [6.45, 7) is 3.31. The van der Waals surface area contributed by atoms with Crippen LogP contribution in [-0.2, 0) is 26.2 Å². The highest BCUT2D eigenvalue weighted by atomic mass is 35.5. The van der Waals surface area contributed by atoms with Crippen LogP contribution in [0.4, 0.5) is 5.69 Å². The standard InChI is InChI=1S/C32H37Cl2N3O4S/c1-3-30(32(39)35-25-10-6-4-7-11-25)36(21-24-16-19-28(33)29(34)20-24)31(38)22-37(26-17-14-23(2)15-18-26)42(40,41)27-12-8-5-9-13-27/h5,8-9,12-20,25,30H,3-4,6-7,10-11,21-22H2,1-2H3,(H,35,39)/t30-/m0/s1. The number of anilines is 1. The number of aryl methyl sites for hydroxylation is 1. The molecule has 0 saturated heterocycles. The minimum absolute atomic E-state index is 0.0550. The average Bonchev–Trinajstić information content (AvgIpc) is 2.99. The van der Waals surface area contributed by atoms with Crippen LogP contribution in [0.1, 0.15) is 56.6 Å². The van der Waals surface area contributed by atoms with E-state index in [1.807, 2.05) is 13.8 Å². The fourth-order valence-corrected chi connectivity index (χ4v) is 7.01. The van der Waals surface area contributed by atoms with Crippen molar-refractivity contribution in [2.75, 3.05) is 10.8 Å². The molecular formula is C32H37Cl2N3O4S. The number of benzene rings is 3. The van der Waals surface area contributed by atoms with Crippen LogP contribution in [0.25, 0.3) is 0 Å². The Kier molecular flexibility index (Phi) is 10.9. The van der Waals surface area contributed by atoms with Crippen LogP contribution >= 0.6 is 23.2 Å². The zero-order valence-electron chi connectivity index (χ0n) is 23.9. The van der Waals surface area contributed by atoms with Crippen molar-refractivity contribution in [3.8, 4) is 0 Å². The molecule has 1 N–H and O–H groups in total. The van der Waals surface area contributed by atoms with E-state index in [1.54, 1.807) is 60.7 Å². The summed E-state index contributed by atoms with van der Waals surface area (Å²) in [6.07, 6.45) is 5.41. The van der Waals surface area contributed by atoms with Crippen molar-refractivity contribution in [2.24, 2.45) is 0 Å². The molecule has 4 rings (SSSR count). The van der Waals surface area contributed by atoms with Gasteiger partial charge in [0.05, 0.1) is 20.6 Å². The van der Waals surface area contributed by atoms with Gasteiger partial charge in [-0.1, -0.05) is 91.3 Å². The highest BCUT2D eigenvalue weighted by Crippen LogP contribution is 2.27. The minimum Gasteiger partial charge on any atom is -0.352 e. The van der Waals surface area contributed by atoms with Crippen LogP contribution in [0.3, 0.4) is 0 Å². The third kappa shape index (κ3) is 7.85. The molecule has 1 atom stereocenters. The second-order valence-electron chi connectivity index (χ2n) is 10.7. The number of amides is 2. The van der Waals surface area contributed by atoms with E-state index >= 15 is 0 Å². The molecule has 0 bridgehead atoms. The van der Waals surface area contributed by atoms with Gasteiger partial charge in [0.15, 0.2) is 0 Å². The molecule has 0 aromatic heterocycles. The van der Waals surface area contributed by atoms with Crippen LogP contribution in [-0.4, -0.2) is 43.8 Å². The number of sulfonamides is 1. The average molecular weight is 631 g/mol. The predicted molar refractivity (Wildman–Crippen MR) is 168 cm³/mol. The van der Waals surface area contributed by atoms with Gasteiger partial charge in [0.2, 0.25) is 11.8 Å². The van der Waals surface area contributed by atoms with Crippen molar-refractivity contribution < 1.29 is 18.0 Å². The first-order valence-corrected chi connectivity index (χ1v) is 16.5. The number of rotatable bonds is 11. The molecule has 0 radical (unpaired) electrons. The molecule has 42 heavy (non-hydrogen) atoms. The second kappa shape index (κ2) is 14.4. The summed E-state index contributed by atoms with van der Waals surface area (Å²) in [7, 11) is -4.11. The Morgan fingerprint density at radius 3 is 2.21 bits per heavy atom. The Balaban J connectivity index is 1.70. The Morgan fingerprint density at radius 1 is 0.929 bits per heavy atom. The summed E-state index contributed by atoms with van der Waals surface area (Å²) >= 11 is 12.4. The van der Waals surface area contributed by atoms with E-state index in [0.29, 0.717) is 27.7 Å². The molecule has 1 saturated carbocycles. The Hall–Kier alpha value is -3.07. The number of carbonyl (C=O) groups excluding carboxylic acids is 2. The van der Waals surface area contributed by atoms with Gasteiger partial charge < -0.3 is 10.2 Å². The monoisotopic (exact) mass is 629 g/mol. The summed E-state index contributed by atoms with van der Waals surface area (Å²) in [5.74, 6) is -0.752. The van der Waals surface area contributed by atoms with E-state index in [-0.39, 0.29) is 23.4 Å². The Morgan fingerprint density at radius 2 is 1.60 bits per heavy atom. The fourth-order valence-electron chi connectivity index (χ4n) is 5.26. The first-order chi connectivity index (χ1) is 20.1. The number of nitrogens with zero attached hydrogens (tertiary/aromatic N) is 2. The third-order valence-corrected chi connectivity index (χ3v) is 10.1. The van der Waals surface area contributed by atoms with Crippen LogP contribution in [0.5, 0.6) is 0 Å². The first-order valence-electron chi connectivity index (χ1n) is 14.3. The summed E-state index contributed by atoms with van der Waals surface area (Å²) in [5.41, 5.74) is 1.98. The molecule has 1 aliphatic carbocycles. The molecule has 0 heterocycles. The molecule has 3 aromatic rings. The molecule has 0 unspecified atom stereocenters. The lowest BCUT2D eigenvalue weighted by atomic mass is 9.95. The molecule has 224 valence electrons. The fraction of sp³-hybridized carbons (Fsp3) is 0.375. The third-order valence-electron chi connectivity index (χ3n) is 7.61. The van der Waals surface area contributed by atoms with Gasteiger partial charge >= 0.3 is 0 Å². The molecule has 1 aliphatic rings. The van der Waals surface area contributed by atoms with Crippen molar-refractivity contribution in [3.63, 3.8) is 0 Å². The highest BCUT2D eigenvalue weighted by Gasteiger charge is 2.34. The second-order valence-corrected chi connectivity index (χ2v) is 13.4. The maximum absolute atomic E-state index is 14.2. The lowest BCUT2D eigenvalue weighted by molar-refractivity contribution is -0.140. The molecule has 0 aliphatic heterocycles. The van der Waals surface area contributed by atoms with E-state index in [0.717, 1.165) is 42.0 Å². The van der Waals surface area contributed by atoms with Crippen molar-refractivity contribution >= 4 is 50.7 Å². The number of halogens is 2. The normalized spacial score (nSPS) is 14.7. The zero-order valence-corrected chi connectivity index (χ0v) is 26.3. The van der Waals surface area contributed by atoms with Gasteiger partial charge in [-0.3, -0.25) is 13.9 Å². The van der Waals surface area contributed by atoms with E-state index in [9.17, 15) is 18.0 Å². The lowest BCUT2D eigenvalue weighted by Crippen LogP contribution is -2.54. The molecular weight excluding hydrogens is 593 g/mol. The number of nitrogens with one attached hydrogen (secondary N) is 1. The van der Waals surface area contributed by atoms with E-state index in [4.69, 9.17) is 23.2 Å². The van der Waals surface area contributed by atoms with E-state index in [1.165, 1.54) is 17.0 Å². The molecule has 1 fully saturated rings. The molecule has 2 amide bonds. The number of hydrogen-bond donors (Lipinski definition) is 1. The summed E-state index contributed by atoms with van der Waals surface area (Å²) in [6, 6.07) is 19.3. The van der Waals surface area contributed by atoms with Crippen molar-refractivity contribution in [1.82, 2.24) is 10.2 Å². The predicted octanol–water partition coefficient (Wildman–Crippen LogP) is 6.75. The molecule has 0 spiro atoms. The topological polar surface area (TPSA) is 86.8 Å². The van der Waals surface area contributed by atoms with Gasteiger partial charge in [0.1, 0.15) is 12.6 Å². The quantitative estimate of drug-likeness (QED) is 0.254. The lowest BCUT2D eigenvalue weighted by Gasteiger charge is -2.34. The van der Waals surface area contributed by atoms with Gasteiger partial charge in [-0.05, 0) is 68.1 Å². The van der Waals surface area contributed by atoms with Crippen molar-refractivity contribution in [3.05, 3.63) is 94.0 Å². The van der Waals surface area contributed by atoms with E-state index < -0.39 is 28.5 Å². The summed E-state index contributed by atoms with van der Waals surface area (Å²) in [5, 5.41) is 3.85. The molecule has 7 nitrogen and oxygen atoms in total. The summed E-state index contributed by atoms with van der Waals surface area (Å²) < 4.78 is 28.9. The van der Waals surface area contributed by atoms with Gasteiger partial charge in [0.25, 0.3) is 10.0 Å². The van der Waals surface area contributed by atoms with E-state index in [2.05, 4.69) is 5.32 Å². The van der Waals surface area contributed by atoms with Crippen LogP contribution in [0.2, 0.25) is 10.0 Å². The van der Waals surface area contributed by atoms with Gasteiger partial charge in [-0.2, -0.15) is 0 Å². The smallest absolute Gasteiger partial charge is 0.264 e. The van der Waals surface area contributed by atoms with Gasteiger partial charge in [0, 0.05) is 12.6 Å². The van der Waals surface area contributed by atoms with Crippen molar-refractivity contribution in [1.29, 1.82) is 0 Å². The maximum Gasteiger partial charge on any atom is 0.264 e. The largest absolute Gasteiger partial charge is 0.352 e. The zero-order chi connectivity index (χ0) is 30.3. The van der Waals surface area contributed by atoms with Crippen molar-refractivity contribution in [2.45, 2.75) is 75.9 Å². The first kappa shape index (κ1) is 31.9. The molecule has 3 aromatic carbocycles. The van der Waals surface area contributed by atoms with Crippen LogP contribution in [0, 0.1) is 6.92 Å². The maximum atomic E-state index is 14.2. The van der Waals surface area contributed by atoms with Gasteiger partial charge in [-0.15, -0.1) is 0 Å². The highest BCUT2D eigenvalue weighted by molar-refractivity contribution is 7.92. The van der Waals surface area contributed by atoms with Gasteiger partial charge in [-0.25, -0.2) is 8.42 Å². The Bertz CT molecular complexity index is 1480. The van der Waals surface area contributed by atoms with Crippen LogP contribution < -0.4 is 9.62 Å². The number of carbonyl (C=O) groups is 2. The Labute approximate surface area is 258 Å². The SMILES string of the molecule is CC[C@@H](C(=O)NC1CCCCC1)N(Cc1ccc(Cl)c(Cl)c1)C(=O)CN(c1ccc(C)cc1)S(=O)(=O)c1ccccc1. The molecule has 10 heteroatoms. The van der Waals surface area contributed by atoms with Crippen LogP contribution in [0.15, 0.2) is 77.7 Å².